The fourth-order valence-corrected chi connectivity index (χ4v) is 2.44. The molecule has 0 saturated heterocycles. The van der Waals surface area contributed by atoms with Crippen LogP contribution in [0.25, 0.3) is 0 Å². The normalized spacial score (nSPS) is 12.4. The van der Waals surface area contributed by atoms with Crippen LogP contribution in [0.2, 0.25) is 0 Å². The van der Waals surface area contributed by atoms with Gasteiger partial charge in [-0.2, -0.15) is 0 Å². The highest BCUT2D eigenvalue weighted by atomic mass is 16.5. The summed E-state index contributed by atoms with van der Waals surface area (Å²) in [5.41, 5.74) is 1.31. The summed E-state index contributed by atoms with van der Waals surface area (Å²) in [6, 6.07) is 8.85. The van der Waals surface area contributed by atoms with Crippen LogP contribution < -0.4 is 10.1 Å². The second-order valence-corrected chi connectivity index (χ2v) is 4.93. The zero-order valence-corrected chi connectivity index (χ0v) is 12.7. The molecule has 2 heteroatoms. The van der Waals surface area contributed by atoms with Gasteiger partial charge in [0.05, 0.1) is 6.61 Å². The van der Waals surface area contributed by atoms with Crippen LogP contribution in [-0.4, -0.2) is 13.2 Å². The minimum Gasteiger partial charge on any atom is -0.494 e. The first-order valence-corrected chi connectivity index (χ1v) is 7.78. The number of hydrogen-bond acceptors (Lipinski definition) is 2. The predicted octanol–water partition coefficient (Wildman–Crippen LogP) is 4.71. The molecule has 0 aliphatic heterocycles. The van der Waals surface area contributed by atoms with Crippen molar-refractivity contribution in [3.05, 3.63) is 29.8 Å². The first-order chi connectivity index (χ1) is 9.33. The van der Waals surface area contributed by atoms with Gasteiger partial charge in [-0.1, -0.05) is 57.7 Å². The number of rotatable bonds is 10. The zero-order valence-electron chi connectivity index (χ0n) is 12.7. The molecule has 0 heterocycles. The highest BCUT2D eigenvalue weighted by molar-refractivity contribution is 5.35. The second-order valence-electron chi connectivity index (χ2n) is 4.93. The molecule has 1 N–H and O–H groups in total. The molecule has 108 valence electrons. The van der Waals surface area contributed by atoms with Gasteiger partial charge < -0.3 is 10.1 Å². The molecule has 19 heavy (non-hydrogen) atoms. The monoisotopic (exact) mass is 263 g/mol. The highest BCUT2D eigenvalue weighted by Crippen LogP contribution is 2.28. The molecule has 0 spiro atoms. The molecule has 0 radical (unpaired) electrons. The fraction of sp³-hybridized carbons (Fsp3) is 0.647. The summed E-state index contributed by atoms with van der Waals surface area (Å²) in [5, 5.41) is 3.59. The molecule has 1 aromatic carbocycles. The molecule has 0 amide bonds. The molecular formula is C17H29NO. The first-order valence-electron chi connectivity index (χ1n) is 7.78. The van der Waals surface area contributed by atoms with E-state index < -0.39 is 0 Å². The van der Waals surface area contributed by atoms with Crippen LogP contribution in [0.3, 0.4) is 0 Å². The lowest BCUT2D eigenvalue weighted by Crippen LogP contribution is -2.21. The van der Waals surface area contributed by atoms with Crippen LogP contribution in [-0.2, 0) is 0 Å². The van der Waals surface area contributed by atoms with Gasteiger partial charge in [0.25, 0.3) is 0 Å². The van der Waals surface area contributed by atoms with Crippen LogP contribution in [0.5, 0.6) is 5.75 Å². The number of hydrogen-bond donors (Lipinski definition) is 1. The van der Waals surface area contributed by atoms with Crippen molar-refractivity contribution < 1.29 is 4.74 Å². The van der Waals surface area contributed by atoms with Crippen LogP contribution in [0, 0.1) is 0 Å². The maximum absolute atomic E-state index is 5.75. The van der Waals surface area contributed by atoms with Gasteiger partial charge in [0.1, 0.15) is 5.75 Å². The summed E-state index contributed by atoms with van der Waals surface area (Å²) in [7, 11) is 0. The van der Waals surface area contributed by atoms with Gasteiger partial charge in [0.2, 0.25) is 0 Å². The molecule has 0 saturated carbocycles. The molecule has 0 aliphatic rings. The maximum Gasteiger partial charge on any atom is 0.124 e. The third-order valence-corrected chi connectivity index (χ3v) is 3.39. The Morgan fingerprint density at radius 3 is 2.53 bits per heavy atom. The average molecular weight is 263 g/mol. The molecule has 1 atom stereocenters. The van der Waals surface area contributed by atoms with Crippen LogP contribution >= 0.6 is 0 Å². The largest absolute Gasteiger partial charge is 0.494 e. The number of para-hydroxylation sites is 1. The lowest BCUT2D eigenvalue weighted by Gasteiger charge is -2.21. The van der Waals surface area contributed by atoms with E-state index in [1.165, 1.54) is 37.7 Å². The molecule has 1 rings (SSSR count). The number of benzene rings is 1. The van der Waals surface area contributed by atoms with E-state index in [9.17, 15) is 0 Å². The van der Waals surface area contributed by atoms with Gasteiger partial charge >= 0.3 is 0 Å². The van der Waals surface area contributed by atoms with E-state index in [0.717, 1.165) is 18.9 Å². The van der Waals surface area contributed by atoms with Crippen LogP contribution in [0.1, 0.15) is 64.5 Å². The van der Waals surface area contributed by atoms with Crippen LogP contribution in [0.15, 0.2) is 24.3 Å². The van der Waals surface area contributed by atoms with E-state index in [-0.39, 0.29) is 0 Å². The SMILES string of the molecule is CCCCCCC(NCC)c1ccccc1OCC. The number of unbranched alkanes of at least 4 members (excludes halogenated alkanes) is 3. The van der Waals surface area contributed by atoms with Crippen molar-refractivity contribution in [2.75, 3.05) is 13.2 Å². The second kappa shape index (κ2) is 9.85. The average Bonchev–Trinajstić information content (AvgIpc) is 2.43. The molecule has 1 aromatic rings. The van der Waals surface area contributed by atoms with Crippen molar-refractivity contribution in [3.8, 4) is 5.75 Å². The van der Waals surface area contributed by atoms with Gasteiger partial charge in [-0.25, -0.2) is 0 Å². The minimum atomic E-state index is 0.421. The molecule has 0 aliphatic carbocycles. The quantitative estimate of drug-likeness (QED) is 0.617. The molecule has 0 bridgehead atoms. The number of nitrogens with one attached hydrogen (secondary N) is 1. The van der Waals surface area contributed by atoms with Crippen molar-refractivity contribution in [3.63, 3.8) is 0 Å². The Balaban J connectivity index is 2.68. The van der Waals surface area contributed by atoms with Crippen molar-refractivity contribution in [2.24, 2.45) is 0 Å². The molecular weight excluding hydrogens is 234 g/mol. The maximum atomic E-state index is 5.75. The van der Waals surface area contributed by atoms with Crippen molar-refractivity contribution in [1.29, 1.82) is 0 Å². The Kier molecular flexibility index (Phi) is 8.31. The summed E-state index contributed by atoms with van der Waals surface area (Å²) in [4.78, 5) is 0. The summed E-state index contributed by atoms with van der Waals surface area (Å²) in [5.74, 6) is 1.03. The van der Waals surface area contributed by atoms with Gasteiger partial charge in [-0.05, 0) is 26.0 Å². The van der Waals surface area contributed by atoms with Gasteiger partial charge in [0.15, 0.2) is 0 Å². The zero-order chi connectivity index (χ0) is 13.9. The predicted molar refractivity (Wildman–Crippen MR) is 82.8 cm³/mol. The Labute approximate surface area is 118 Å². The third kappa shape index (κ3) is 5.65. The van der Waals surface area contributed by atoms with Crippen molar-refractivity contribution in [2.45, 2.75) is 58.9 Å². The first kappa shape index (κ1) is 16.0. The highest BCUT2D eigenvalue weighted by Gasteiger charge is 2.14. The minimum absolute atomic E-state index is 0.421. The topological polar surface area (TPSA) is 21.3 Å². The van der Waals surface area contributed by atoms with E-state index in [2.05, 4.69) is 43.4 Å². The van der Waals surface area contributed by atoms with Gasteiger partial charge in [-0.15, -0.1) is 0 Å². The van der Waals surface area contributed by atoms with E-state index in [4.69, 9.17) is 4.74 Å². The lowest BCUT2D eigenvalue weighted by atomic mass is 9.99. The van der Waals surface area contributed by atoms with E-state index in [0.29, 0.717) is 6.04 Å². The molecule has 1 unspecified atom stereocenters. The molecule has 0 aromatic heterocycles. The van der Waals surface area contributed by atoms with Crippen molar-refractivity contribution in [1.82, 2.24) is 5.32 Å². The van der Waals surface area contributed by atoms with E-state index >= 15 is 0 Å². The summed E-state index contributed by atoms with van der Waals surface area (Å²) in [6.07, 6.45) is 6.44. The Morgan fingerprint density at radius 1 is 1.05 bits per heavy atom. The number of ether oxygens (including phenoxy) is 1. The molecule has 2 nitrogen and oxygen atoms in total. The Bertz CT molecular complexity index is 338. The smallest absolute Gasteiger partial charge is 0.124 e. The van der Waals surface area contributed by atoms with E-state index in [1.54, 1.807) is 0 Å². The standard InChI is InChI=1S/C17H29NO/c1-4-7-8-9-13-16(18-5-2)15-12-10-11-14-17(15)19-6-3/h10-12,14,16,18H,4-9,13H2,1-3H3. The van der Waals surface area contributed by atoms with E-state index in [1.807, 2.05) is 6.92 Å². The summed E-state index contributed by atoms with van der Waals surface area (Å²) in [6.45, 7) is 8.19. The fourth-order valence-electron chi connectivity index (χ4n) is 2.44. The van der Waals surface area contributed by atoms with Gasteiger partial charge in [-0.3, -0.25) is 0 Å². The summed E-state index contributed by atoms with van der Waals surface area (Å²) >= 11 is 0. The van der Waals surface area contributed by atoms with Crippen molar-refractivity contribution >= 4 is 0 Å². The van der Waals surface area contributed by atoms with Crippen LogP contribution in [0.4, 0.5) is 0 Å². The molecule has 0 fully saturated rings. The van der Waals surface area contributed by atoms with Gasteiger partial charge in [0, 0.05) is 11.6 Å². The summed E-state index contributed by atoms with van der Waals surface area (Å²) < 4.78 is 5.75. The Hall–Kier alpha value is -1.02. The lowest BCUT2D eigenvalue weighted by molar-refractivity contribution is 0.329. The third-order valence-electron chi connectivity index (χ3n) is 3.39. The Morgan fingerprint density at radius 2 is 1.84 bits per heavy atom.